The molecule has 1 aromatic carbocycles. The average molecular weight is 331 g/mol. The van der Waals surface area contributed by atoms with Gasteiger partial charge in [0.15, 0.2) is 5.78 Å². The van der Waals surface area contributed by atoms with Gasteiger partial charge in [0.1, 0.15) is 11.6 Å². The van der Waals surface area contributed by atoms with E-state index < -0.39 is 11.6 Å². The predicted octanol–water partition coefficient (Wildman–Crippen LogP) is 5.05. The van der Waals surface area contributed by atoms with E-state index in [2.05, 4.69) is 15.9 Å². The number of carbonyl (C=O) groups is 1. The summed E-state index contributed by atoms with van der Waals surface area (Å²) in [5.74, 6) is -1.25. The highest BCUT2D eigenvalue weighted by molar-refractivity contribution is 9.10. The molecule has 0 N–H and O–H groups in total. The second-order valence-electron chi connectivity index (χ2n) is 3.69. The lowest BCUT2D eigenvalue weighted by Gasteiger charge is -2.02. The summed E-state index contributed by atoms with van der Waals surface area (Å²) in [4.78, 5) is 12.7. The lowest BCUT2D eigenvalue weighted by Crippen LogP contribution is -1.90. The molecule has 0 aliphatic carbocycles. The van der Waals surface area contributed by atoms with Crippen molar-refractivity contribution >= 4 is 33.0 Å². The quantitative estimate of drug-likeness (QED) is 0.568. The zero-order valence-corrected chi connectivity index (χ0v) is 11.9. The standard InChI is InChI=1S/C13H9BrF2OS/c1-2-11(17)13-4-3-12(18-13)7-5-8(14)10(16)6-9(7)15/h3-6H,2H2,1H3. The van der Waals surface area contributed by atoms with E-state index in [0.717, 1.165) is 6.07 Å². The molecule has 0 spiro atoms. The van der Waals surface area contributed by atoms with Crippen molar-refractivity contribution in [2.75, 3.05) is 0 Å². The van der Waals surface area contributed by atoms with Gasteiger partial charge in [0.25, 0.3) is 0 Å². The molecule has 18 heavy (non-hydrogen) atoms. The van der Waals surface area contributed by atoms with Crippen molar-refractivity contribution in [2.24, 2.45) is 0 Å². The Morgan fingerprint density at radius 3 is 2.67 bits per heavy atom. The van der Waals surface area contributed by atoms with Crippen LogP contribution in [0.1, 0.15) is 23.0 Å². The average Bonchev–Trinajstić information content (AvgIpc) is 2.82. The Kier molecular flexibility index (Phi) is 3.92. The molecule has 1 nitrogen and oxygen atoms in total. The summed E-state index contributed by atoms with van der Waals surface area (Å²) in [5, 5.41) is 0. The summed E-state index contributed by atoms with van der Waals surface area (Å²) in [6.07, 6.45) is 0.412. The first-order chi connectivity index (χ1) is 8.52. The van der Waals surface area contributed by atoms with Gasteiger partial charge in [0, 0.05) is 22.9 Å². The Morgan fingerprint density at radius 2 is 2.00 bits per heavy atom. The molecule has 0 aliphatic rings. The van der Waals surface area contributed by atoms with Crippen molar-refractivity contribution in [1.29, 1.82) is 0 Å². The van der Waals surface area contributed by atoms with E-state index in [1.807, 2.05) is 0 Å². The lowest BCUT2D eigenvalue weighted by atomic mass is 10.1. The summed E-state index contributed by atoms with van der Waals surface area (Å²) in [7, 11) is 0. The smallest absolute Gasteiger partial charge is 0.172 e. The molecule has 0 amide bonds. The van der Waals surface area contributed by atoms with E-state index in [4.69, 9.17) is 0 Å². The number of hydrogen-bond donors (Lipinski definition) is 0. The van der Waals surface area contributed by atoms with Crippen molar-refractivity contribution in [1.82, 2.24) is 0 Å². The molecule has 0 unspecified atom stereocenters. The largest absolute Gasteiger partial charge is 0.293 e. The van der Waals surface area contributed by atoms with Crippen LogP contribution in [0, 0.1) is 11.6 Å². The molecule has 94 valence electrons. The molecule has 0 aliphatic heterocycles. The van der Waals surface area contributed by atoms with Gasteiger partial charge in [-0.1, -0.05) is 6.92 Å². The first-order valence-electron chi connectivity index (χ1n) is 5.31. The first kappa shape index (κ1) is 13.4. The van der Waals surface area contributed by atoms with E-state index in [9.17, 15) is 13.6 Å². The molecule has 0 radical (unpaired) electrons. The molecule has 2 aromatic rings. The number of Topliss-reactive ketones (excluding diaryl/α,β-unsaturated/α-hetero) is 1. The Morgan fingerprint density at radius 1 is 1.28 bits per heavy atom. The van der Waals surface area contributed by atoms with Crippen LogP contribution >= 0.6 is 27.3 Å². The molecule has 1 heterocycles. The van der Waals surface area contributed by atoms with Crippen LogP contribution in [0.3, 0.4) is 0 Å². The highest BCUT2D eigenvalue weighted by Gasteiger charge is 2.14. The minimum atomic E-state index is -0.641. The summed E-state index contributed by atoms with van der Waals surface area (Å²) in [5.41, 5.74) is 0.295. The molecule has 0 saturated carbocycles. The van der Waals surface area contributed by atoms with E-state index in [1.165, 1.54) is 17.4 Å². The lowest BCUT2D eigenvalue weighted by molar-refractivity contribution is 0.0992. The second kappa shape index (κ2) is 5.28. The molecule has 5 heteroatoms. The number of ketones is 1. The van der Waals surface area contributed by atoms with Gasteiger partial charge in [-0.3, -0.25) is 4.79 Å². The summed E-state index contributed by atoms with van der Waals surface area (Å²) >= 11 is 4.24. The van der Waals surface area contributed by atoms with Gasteiger partial charge in [-0.2, -0.15) is 0 Å². The van der Waals surface area contributed by atoms with E-state index in [1.54, 1.807) is 19.1 Å². The van der Waals surface area contributed by atoms with Crippen molar-refractivity contribution in [3.63, 3.8) is 0 Å². The highest BCUT2D eigenvalue weighted by atomic mass is 79.9. The maximum absolute atomic E-state index is 13.7. The van der Waals surface area contributed by atoms with Gasteiger partial charge in [-0.25, -0.2) is 8.78 Å². The van der Waals surface area contributed by atoms with E-state index >= 15 is 0 Å². The maximum Gasteiger partial charge on any atom is 0.172 e. The Hall–Kier alpha value is -1.07. The van der Waals surface area contributed by atoms with E-state index in [0.29, 0.717) is 21.7 Å². The van der Waals surface area contributed by atoms with Crippen LogP contribution in [-0.4, -0.2) is 5.78 Å². The summed E-state index contributed by atoms with van der Waals surface area (Å²) in [6.45, 7) is 1.77. The number of hydrogen-bond acceptors (Lipinski definition) is 2. The molecule has 0 saturated heterocycles. The minimum absolute atomic E-state index is 0.0211. The van der Waals surface area contributed by atoms with Gasteiger partial charge in [-0.15, -0.1) is 11.3 Å². The van der Waals surface area contributed by atoms with Crippen molar-refractivity contribution in [3.05, 3.63) is 45.2 Å². The fourth-order valence-electron chi connectivity index (χ4n) is 1.52. The number of carbonyl (C=O) groups excluding carboxylic acids is 1. The predicted molar refractivity (Wildman–Crippen MR) is 72.0 cm³/mol. The zero-order chi connectivity index (χ0) is 13.3. The number of benzene rings is 1. The normalized spacial score (nSPS) is 10.7. The fourth-order valence-corrected chi connectivity index (χ4v) is 2.90. The Labute approximate surface area is 116 Å². The number of halogens is 3. The maximum atomic E-state index is 13.7. The van der Waals surface area contributed by atoms with Gasteiger partial charge in [0.05, 0.1) is 9.35 Å². The third-order valence-corrected chi connectivity index (χ3v) is 4.24. The SMILES string of the molecule is CCC(=O)c1ccc(-c2cc(Br)c(F)cc2F)s1. The van der Waals surface area contributed by atoms with Crippen LogP contribution < -0.4 is 0 Å². The monoisotopic (exact) mass is 330 g/mol. The highest BCUT2D eigenvalue weighted by Crippen LogP contribution is 2.33. The van der Waals surface area contributed by atoms with Crippen molar-refractivity contribution in [3.8, 4) is 10.4 Å². The summed E-state index contributed by atoms with van der Waals surface area (Å²) in [6, 6.07) is 5.57. The van der Waals surface area contributed by atoms with E-state index in [-0.39, 0.29) is 10.3 Å². The topological polar surface area (TPSA) is 17.1 Å². The van der Waals surface area contributed by atoms with Gasteiger partial charge in [-0.05, 0) is 34.1 Å². The summed E-state index contributed by atoms with van der Waals surface area (Å²) < 4.78 is 27.0. The van der Waals surface area contributed by atoms with Crippen LogP contribution in [0.5, 0.6) is 0 Å². The fraction of sp³-hybridized carbons (Fsp3) is 0.154. The van der Waals surface area contributed by atoms with Crippen LogP contribution in [0.4, 0.5) is 8.78 Å². The molecule has 1 aromatic heterocycles. The Balaban J connectivity index is 2.46. The van der Waals surface area contributed by atoms with Crippen molar-refractivity contribution < 1.29 is 13.6 Å². The van der Waals surface area contributed by atoms with Gasteiger partial charge < -0.3 is 0 Å². The van der Waals surface area contributed by atoms with Crippen LogP contribution in [0.25, 0.3) is 10.4 Å². The molecular weight excluding hydrogens is 322 g/mol. The molecule has 0 fully saturated rings. The molecule has 2 rings (SSSR count). The molecular formula is C13H9BrF2OS. The van der Waals surface area contributed by atoms with Crippen LogP contribution in [0.2, 0.25) is 0 Å². The minimum Gasteiger partial charge on any atom is -0.293 e. The molecule has 0 atom stereocenters. The first-order valence-corrected chi connectivity index (χ1v) is 6.91. The van der Waals surface area contributed by atoms with Crippen molar-refractivity contribution in [2.45, 2.75) is 13.3 Å². The third kappa shape index (κ3) is 2.52. The molecule has 0 bridgehead atoms. The van der Waals surface area contributed by atoms with Gasteiger partial charge in [0.2, 0.25) is 0 Å². The number of rotatable bonds is 3. The second-order valence-corrected chi connectivity index (χ2v) is 5.62. The third-order valence-electron chi connectivity index (χ3n) is 2.48. The van der Waals surface area contributed by atoms with Crippen LogP contribution in [0.15, 0.2) is 28.7 Å². The number of thiophene rings is 1. The Bertz CT molecular complexity index is 607. The zero-order valence-electron chi connectivity index (χ0n) is 9.47. The van der Waals surface area contributed by atoms with Crippen LogP contribution in [-0.2, 0) is 0 Å². The van der Waals surface area contributed by atoms with Gasteiger partial charge >= 0.3 is 0 Å².